The van der Waals surface area contributed by atoms with Crippen LogP contribution in [0.5, 0.6) is 11.5 Å². The number of benzene rings is 2. The molecule has 3 aromatic rings. The summed E-state index contributed by atoms with van der Waals surface area (Å²) >= 11 is 1.06. The lowest BCUT2D eigenvalue weighted by atomic mass is 10.1. The summed E-state index contributed by atoms with van der Waals surface area (Å²) in [6.45, 7) is 5.36. The molecule has 0 fully saturated rings. The van der Waals surface area contributed by atoms with E-state index < -0.39 is 16.1 Å². The Morgan fingerprint density at radius 2 is 1.90 bits per heavy atom. The zero-order valence-electron chi connectivity index (χ0n) is 16.2. The molecule has 9 heteroatoms. The second-order valence-corrected chi connectivity index (χ2v) is 9.60. The fraction of sp³-hybridized carbons (Fsp3) is 0.350. The Kier molecular flexibility index (Phi) is 5.37. The Morgan fingerprint density at radius 3 is 2.66 bits per heavy atom. The van der Waals surface area contributed by atoms with Crippen molar-refractivity contribution < 1.29 is 17.9 Å². The van der Waals surface area contributed by atoms with Gasteiger partial charge in [0.05, 0.1) is 15.1 Å². The van der Waals surface area contributed by atoms with Crippen molar-refractivity contribution in [2.45, 2.75) is 37.8 Å². The van der Waals surface area contributed by atoms with Gasteiger partial charge in [-0.15, -0.1) is 0 Å². The summed E-state index contributed by atoms with van der Waals surface area (Å²) < 4.78 is 42.0. The van der Waals surface area contributed by atoms with E-state index in [1.807, 2.05) is 13.0 Å². The van der Waals surface area contributed by atoms with Gasteiger partial charge >= 0.3 is 4.87 Å². The van der Waals surface area contributed by atoms with E-state index in [-0.39, 0.29) is 9.77 Å². The van der Waals surface area contributed by atoms with Crippen LogP contribution in [-0.4, -0.2) is 26.2 Å². The van der Waals surface area contributed by atoms with Crippen molar-refractivity contribution >= 4 is 31.6 Å². The Hall–Kier alpha value is -2.36. The molecule has 154 valence electrons. The first-order valence-corrected chi connectivity index (χ1v) is 11.7. The third kappa shape index (κ3) is 3.90. The van der Waals surface area contributed by atoms with Crippen LogP contribution in [0.3, 0.4) is 0 Å². The normalized spacial score (nSPS) is 14.8. The predicted octanol–water partition coefficient (Wildman–Crippen LogP) is 3.28. The second-order valence-electron chi connectivity index (χ2n) is 6.90. The van der Waals surface area contributed by atoms with E-state index in [0.717, 1.165) is 28.8 Å². The van der Waals surface area contributed by atoms with Crippen LogP contribution in [0.1, 0.15) is 31.9 Å². The lowest BCUT2D eigenvalue weighted by Crippen LogP contribution is -2.27. The van der Waals surface area contributed by atoms with Gasteiger partial charge in [-0.25, -0.2) is 13.1 Å². The summed E-state index contributed by atoms with van der Waals surface area (Å²) in [5.41, 5.74) is 1.54. The number of nitrogens with one attached hydrogen (secondary N) is 1. The number of hydrogen-bond acceptors (Lipinski definition) is 6. The van der Waals surface area contributed by atoms with E-state index in [9.17, 15) is 13.2 Å². The Balaban J connectivity index is 1.60. The first kappa shape index (κ1) is 19.9. The molecule has 2 heterocycles. The van der Waals surface area contributed by atoms with Crippen LogP contribution in [0.25, 0.3) is 10.2 Å². The first-order chi connectivity index (χ1) is 13.9. The third-order valence-electron chi connectivity index (χ3n) is 4.80. The number of rotatable bonds is 6. The molecule has 0 amide bonds. The van der Waals surface area contributed by atoms with Gasteiger partial charge in [-0.2, -0.15) is 0 Å². The van der Waals surface area contributed by atoms with Crippen LogP contribution in [0.4, 0.5) is 0 Å². The van der Waals surface area contributed by atoms with E-state index in [0.29, 0.717) is 36.0 Å². The SMILES string of the molecule is CCCn1c(=O)sc2cc(S(=O)(=O)NC(C)c3ccc4c(c3)OCCO4)ccc21. The van der Waals surface area contributed by atoms with Gasteiger partial charge < -0.3 is 9.47 Å². The van der Waals surface area contributed by atoms with E-state index >= 15 is 0 Å². The summed E-state index contributed by atoms with van der Waals surface area (Å²) in [7, 11) is -3.76. The van der Waals surface area contributed by atoms with Crippen molar-refractivity contribution in [2.24, 2.45) is 0 Å². The first-order valence-electron chi connectivity index (χ1n) is 9.44. The molecular weight excluding hydrogens is 412 g/mol. The number of sulfonamides is 1. The number of hydrogen-bond donors (Lipinski definition) is 1. The third-order valence-corrected chi connectivity index (χ3v) is 7.28. The van der Waals surface area contributed by atoms with Gasteiger partial charge in [0, 0.05) is 12.6 Å². The highest BCUT2D eigenvalue weighted by Crippen LogP contribution is 2.33. The molecule has 0 saturated heterocycles. The lowest BCUT2D eigenvalue weighted by Gasteiger charge is -2.21. The van der Waals surface area contributed by atoms with E-state index in [1.54, 1.807) is 41.8 Å². The molecule has 4 rings (SSSR count). The summed E-state index contributed by atoms with van der Waals surface area (Å²) in [6, 6.07) is 9.74. The van der Waals surface area contributed by atoms with Gasteiger partial charge in [0.2, 0.25) is 10.0 Å². The highest BCUT2D eigenvalue weighted by atomic mass is 32.2. The van der Waals surface area contributed by atoms with Crippen LogP contribution in [-0.2, 0) is 16.6 Å². The molecule has 0 bridgehead atoms. The summed E-state index contributed by atoms with van der Waals surface area (Å²) in [4.78, 5) is 12.2. The molecular formula is C20H22N2O5S2. The molecule has 1 unspecified atom stereocenters. The van der Waals surface area contributed by atoms with Gasteiger partial charge in [0.25, 0.3) is 0 Å². The van der Waals surface area contributed by atoms with Crippen LogP contribution in [0.15, 0.2) is 46.1 Å². The minimum absolute atomic E-state index is 0.0750. The topological polar surface area (TPSA) is 86.6 Å². The van der Waals surface area contributed by atoms with Crippen LogP contribution in [0, 0.1) is 0 Å². The van der Waals surface area contributed by atoms with Crippen molar-refractivity contribution in [3.63, 3.8) is 0 Å². The number of fused-ring (bicyclic) bond motifs is 2. The Labute approximate surface area is 172 Å². The fourth-order valence-electron chi connectivity index (χ4n) is 3.35. The molecule has 1 N–H and O–H groups in total. The van der Waals surface area contributed by atoms with Crippen molar-refractivity contribution in [3.05, 3.63) is 51.6 Å². The quantitative estimate of drug-likeness (QED) is 0.643. The van der Waals surface area contributed by atoms with E-state index in [2.05, 4.69) is 4.72 Å². The molecule has 0 radical (unpaired) electrons. The molecule has 1 aliphatic heterocycles. The zero-order valence-corrected chi connectivity index (χ0v) is 17.8. The molecule has 1 aromatic heterocycles. The molecule has 1 aliphatic rings. The van der Waals surface area contributed by atoms with Gasteiger partial charge in [-0.05, 0) is 49.2 Å². The highest BCUT2D eigenvalue weighted by Gasteiger charge is 2.21. The number of aromatic nitrogens is 1. The van der Waals surface area contributed by atoms with Crippen molar-refractivity contribution in [3.8, 4) is 11.5 Å². The molecule has 7 nitrogen and oxygen atoms in total. The zero-order chi connectivity index (χ0) is 20.6. The summed E-state index contributed by atoms with van der Waals surface area (Å²) in [5, 5.41) is 0. The summed E-state index contributed by atoms with van der Waals surface area (Å²) in [5.74, 6) is 1.27. The fourth-order valence-corrected chi connectivity index (χ4v) is 5.64. The number of ether oxygens (including phenoxy) is 2. The number of nitrogens with zero attached hydrogens (tertiary/aromatic N) is 1. The Morgan fingerprint density at radius 1 is 1.14 bits per heavy atom. The van der Waals surface area contributed by atoms with Gasteiger partial charge in [-0.3, -0.25) is 9.36 Å². The molecule has 0 spiro atoms. The average Bonchev–Trinajstić information content (AvgIpc) is 3.02. The molecule has 2 aromatic carbocycles. The monoisotopic (exact) mass is 434 g/mol. The van der Waals surface area contributed by atoms with E-state index in [4.69, 9.17) is 9.47 Å². The highest BCUT2D eigenvalue weighted by molar-refractivity contribution is 7.89. The molecule has 1 atom stereocenters. The number of aryl methyl sites for hydroxylation is 1. The largest absolute Gasteiger partial charge is 0.486 e. The molecule has 29 heavy (non-hydrogen) atoms. The lowest BCUT2D eigenvalue weighted by molar-refractivity contribution is 0.171. The van der Waals surface area contributed by atoms with Crippen LogP contribution in [0.2, 0.25) is 0 Å². The average molecular weight is 435 g/mol. The summed E-state index contributed by atoms with van der Waals surface area (Å²) in [6.07, 6.45) is 0.834. The molecule has 0 saturated carbocycles. The Bertz CT molecular complexity index is 1210. The van der Waals surface area contributed by atoms with E-state index in [1.165, 1.54) is 0 Å². The predicted molar refractivity (Wildman–Crippen MR) is 113 cm³/mol. The van der Waals surface area contributed by atoms with Gasteiger partial charge in [-0.1, -0.05) is 24.3 Å². The maximum atomic E-state index is 12.9. The van der Waals surface area contributed by atoms with Crippen molar-refractivity contribution in [1.82, 2.24) is 9.29 Å². The maximum Gasteiger partial charge on any atom is 0.308 e. The molecule has 0 aliphatic carbocycles. The standard InChI is InChI=1S/C20H22N2O5S2/c1-3-8-22-16-6-5-15(12-19(16)28-20(22)23)29(24,25)21-13(2)14-4-7-17-18(11-14)27-10-9-26-17/h4-7,11-13,21H,3,8-10H2,1-2H3. The van der Waals surface area contributed by atoms with Gasteiger partial charge in [0.1, 0.15) is 13.2 Å². The van der Waals surface area contributed by atoms with Crippen molar-refractivity contribution in [2.75, 3.05) is 13.2 Å². The minimum atomic E-state index is -3.76. The van der Waals surface area contributed by atoms with Crippen LogP contribution >= 0.6 is 11.3 Å². The maximum absolute atomic E-state index is 12.9. The smallest absolute Gasteiger partial charge is 0.308 e. The number of thiazole rings is 1. The van der Waals surface area contributed by atoms with Crippen LogP contribution < -0.4 is 19.1 Å². The second kappa shape index (κ2) is 7.81. The minimum Gasteiger partial charge on any atom is -0.486 e. The van der Waals surface area contributed by atoms with Gasteiger partial charge in [0.15, 0.2) is 11.5 Å². The van der Waals surface area contributed by atoms with Crippen molar-refractivity contribution in [1.29, 1.82) is 0 Å².